The van der Waals surface area contributed by atoms with E-state index in [9.17, 15) is 18.4 Å². The molecule has 0 radical (unpaired) electrons. The van der Waals surface area contributed by atoms with Crippen LogP contribution in [-0.2, 0) is 25.4 Å². The second-order valence-corrected chi connectivity index (χ2v) is 28.7. The molecule has 14 aromatic rings. The molecule has 0 fully saturated rings. The molecule has 4 N–H and O–H groups in total. The minimum Gasteiger partial charge on any atom is -0.0622 e. The molecule has 10 aromatic carbocycles. The van der Waals surface area contributed by atoms with Gasteiger partial charge in [-0.05, 0) is 156 Å². The number of esters is 2. The normalized spacial score (nSPS) is 10.5. The number of hydrogen-bond donors (Lipinski definition) is 4. The molecule has 500 valence electrons. The fourth-order valence-corrected chi connectivity index (χ4v) is 15.3. The number of aryl methyl sites for hydroxylation is 2. The van der Waals surface area contributed by atoms with Crippen LogP contribution in [0.15, 0.2) is 292 Å². The Labute approximate surface area is 596 Å². The maximum atomic E-state index is 13.7. The molecule has 0 aliphatic heterocycles. The first kappa shape index (κ1) is 73.9. The number of H-pyrrole nitrogens is 2. The van der Waals surface area contributed by atoms with Gasteiger partial charge in [0.05, 0.1) is 54.5 Å². The number of aromatic nitrogens is 6. The van der Waals surface area contributed by atoms with Gasteiger partial charge in [0.2, 0.25) is 0 Å². The van der Waals surface area contributed by atoms with E-state index in [1.807, 2.05) is 30.3 Å². The van der Waals surface area contributed by atoms with Gasteiger partial charge in [-0.2, -0.15) is 10.2 Å². The molecule has 12 nitrogen and oxygen atoms in total. The third-order valence-corrected chi connectivity index (χ3v) is 20.3. The van der Waals surface area contributed by atoms with Gasteiger partial charge in [0, 0.05) is 39.9 Å². The summed E-state index contributed by atoms with van der Waals surface area (Å²) in [5, 5.41) is 41.3. The smallest absolute Gasteiger partial charge is 0.0134 e. The Morgan fingerprint density at radius 3 is 1.16 bits per heavy atom. The van der Waals surface area contributed by atoms with Crippen molar-refractivity contribution >= 4 is 125 Å². The van der Waals surface area contributed by atoms with Crippen molar-refractivity contribution in [3.05, 3.63) is 331 Å². The molecule has 4 aromatic heterocycles. The second-order valence-electron chi connectivity index (χ2n) is 21.5. The Bertz CT molecular complexity index is 4590. The molecule has 0 amide bonds. The summed E-state index contributed by atoms with van der Waals surface area (Å²) < 4.78 is 36.0. The first-order chi connectivity index (χ1) is 48.2. The van der Waals surface area contributed by atoms with Gasteiger partial charge in [0.15, 0.2) is 0 Å². The molecule has 14 rings (SSSR count). The number of nitrogens with one attached hydrogen (secondary N) is 2. The van der Waals surface area contributed by atoms with E-state index in [1.54, 1.807) is 69.0 Å². The zero-order chi connectivity index (χ0) is 70.0. The van der Waals surface area contributed by atoms with Crippen molar-refractivity contribution in [3.63, 3.8) is 0 Å². The van der Waals surface area contributed by atoms with Crippen LogP contribution in [0.5, 0.6) is 0 Å². The molecular formula is C78H64BCl3F2N6O6P2Pd. The number of carbonyl (C=O) groups is 2. The van der Waals surface area contributed by atoms with Crippen LogP contribution in [0.3, 0.4) is 0 Å². The molecule has 0 saturated heterocycles. The number of ether oxygens (including phenoxy) is 2. The standard InChI is InChI=1S/C21H16FN3O2.2C18H15P.C14H10ClN3O2.C7H8BFO2.2ClH.Pd/c1-12-8-13(5-6-18(12)22)19-16(4-3-7-23-19)14-9-15-11-24-25-20(15)17(10-14)21(26)27-2;2*1-4-10-16(11-5-1)19(17-12-6-2-7-13-17)18-14-8-3-9-15-18;1-20-14(19)11-6-8(5-9-7-17-18-12(9)11)10-3-2-4-16-13(10)15;1-5-4-6(8(10)11)2-3-7(5)9;;;/h3-11H,1-2H3,(H,24,25);2*1-15H;2-7H,1H3,(H,17,18);2-4,10-11H,1H3;2*1H;/q;;;;;;;+2/p-2. The predicted octanol–water partition coefficient (Wildman–Crippen LogP) is 15.7. The summed E-state index contributed by atoms with van der Waals surface area (Å²) in [4.78, 5) is 32.6. The van der Waals surface area contributed by atoms with E-state index in [4.69, 9.17) is 50.2 Å². The summed E-state index contributed by atoms with van der Waals surface area (Å²) in [5.74, 6) is -1.48. The molecule has 0 aliphatic rings. The van der Waals surface area contributed by atoms with Gasteiger partial charge in [0.25, 0.3) is 0 Å². The van der Waals surface area contributed by atoms with E-state index < -0.39 is 34.9 Å². The summed E-state index contributed by atoms with van der Waals surface area (Å²) >= 11 is 5.99. The van der Waals surface area contributed by atoms with Crippen LogP contribution in [0.2, 0.25) is 5.15 Å². The van der Waals surface area contributed by atoms with Gasteiger partial charge in [-0.1, -0.05) is 212 Å². The Kier molecular flexibility index (Phi) is 28.0. The van der Waals surface area contributed by atoms with Crippen LogP contribution in [-0.4, -0.2) is 73.7 Å². The molecule has 0 spiro atoms. The number of aromatic amines is 2. The zero-order valence-corrected chi connectivity index (χ0v) is 59.3. The van der Waals surface area contributed by atoms with Crippen molar-refractivity contribution in [2.75, 3.05) is 14.2 Å². The van der Waals surface area contributed by atoms with Gasteiger partial charge in [0.1, 0.15) is 16.8 Å². The monoisotopic (exact) mass is 1500 g/mol. The summed E-state index contributed by atoms with van der Waals surface area (Å²) in [6.07, 6.45) is 6.61. The number of halogens is 5. The number of benzene rings is 10. The topological polar surface area (TPSA) is 176 Å². The van der Waals surface area contributed by atoms with E-state index in [0.717, 1.165) is 38.6 Å². The molecule has 0 atom stereocenters. The number of fused-ring (bicyclic) bond motifs is 2. The average molecular weight is 1500 g/mol. The maximum Gasteiger partial charge on any atom is -0.0134 e. The zero-order valence-electron chi connectivity index (χ0n) is 53.7. The van der Waals surface area contributed by atoms with E-state index in [1.165, 1.54) is 70.3 Å². The number of pyridine rings is 2. The third kappa shape index (κ3) is 19.9. The van der Waals surface area contributed by atoms with Crippen LogP contribution in [0.1, 0.15) is 31.8 Å². The fraction of sp³-hybridized carbons (Fsp3) is 0.0513. The first-order valence-corrected chi connectivity index (χ1v) is 37.6. The number of nitrogens with zero attached hydrogens (tertiary/aromatic N) is 4. The van der Waals surface area contributed by atoms with Crippen LogP contribution in [0.25, 0.3) is 55.3 Å². The summed E-state index contributed by atoms with van der Waals surface area (Å²) in [7, 11) is 9.90. The van der Waals surface area contributed by atoms with Gasteiger partial charge in [-0.3, -0.25) is 15.2 Å². The Morgan fingerprint density at radius 1 is 0.455 bits per heavy atom. The number of methoxy groups -OCH3 is 2. The average Bonchev–Trinajstić information content (AvgIpc) is 1.75. The molecule has 99 heavy (non-hydrogen) atoms. The SMILES string of the molecule is COC(=O)c1cc(-c2cccnc2-c2ccc(F)c(C)c2)cc2cn[nH]c12.COC(=O)c1cc(-c2cccnc2Cl)cc2cn[nH]c12.Cc1cc(B(O)O)ccc1F.[Cl][Pd][Cl].c1ccc(P(c2ccccc2)c2ccccc2)cc1.c1ccc(P(c2ccccc2)c2ccccc2)cc1. The van der Waals surface area contributed by atoms with Gasteiger partial charge < -0.3 is 19.5 Å². The fourth-order valence-electron chi connectivity index (χ4n) is 10.4. The van der Waals surface area contributed by atoms with E-state index in [0.29, 0.717) is 49.6 Å². The number of rotatable bonds is 12. The van der Waals surface area contributed by atoms with Crippen LogP contribution in [0, 0.1) is 25.5 Å². The van der Waals surface area contributed by atoms with E-state index in [2.05, 4.69) is 212 Å². The summed E-state index contributed by atoms with van der Waals surface area (Å²) in [6.45, 7) is 3.29. The van der Waals surface area contributed by atoms with Crippen molar-refractivity contribution < 1.29 is 53.8 Å². The van der Waals surface area contributed by atoms with Gasteiger partial charge >= 0.3 is 54.1 Å². The van der Waals surface area contributed by atoms with Gasteiger partial charge in [-0.25, -0.2) is 23.4 Å². The largest absolute Gasteiger partial charge is 0.0622 e. The van der Waals surface area contributed by atoms with E-state index in [-0.39, 0.29) is 27.6 Å². The molecule has 4 heterocycles. The molecule has 0 unspecified atom stereocenters. The third-order valence-electron chi connectivity index (χ3n) is 15.1. The molecular weight excluding hydrogens is 1440 g/mol. The summed E-state index contributed by atoms with van der Waals surface area (Å²) in [5.41, 5.74) is 8.02. The van der Waals surface area contributed by atoms with E-state index >= 15 is 0 Å². The van der Waals surface area contributed by atoms with Crippen molar-refractivity contribution in [2.45, 2.75) is 13.8 Å². The van der Waals surface area contributed by atoms with Crippen LogP contribution < -0.4 is 37.3 Å². The molecule has 0 aliphatic carbocycles. The molecule has 21 heteroatoms. The van der Waals surface area contributed by atoms with Crippen LogP contribution >= 0.6 is 46.5 Å². The number of hydrogen-bond acceptors (Lipinski definition) is 10. The van der Waals surface area contributed by atoms with Crippen molar-refractivity contribution in [3.8, 4) is 33.5 Å². The van der Waals surface area contributed by atoms with Crippen molar-refractivity contribution in [2.24, 2.45) is 0 Å². The maximum absolute atomic E-state index is 13.7. The van der Waals surface area contributed by atoms with Crippen molar-refractivity contribution in [1.82, 2.24) is 30.4 Å². The number of carbonyl (C=O) groups excluding carboxylic acids is 2. The Morgan fingerprint density at radius 2 is 0.808 bits per heavy atom. The molecule has 0 saturated carbocycles. The minimum absolute atomic E-state index is 0.106. The predicted molar refractivity (Wildman–Crippen MR) is 399 cm³/mol. The van der Waals surface area contributed by atoms with Crippen molar-refractivity contribution in [1.29, 1.82) is 0 Å². The minimum atomic E-state index is -1.52. The van der Waals surface area contributed by atoms with Gasteiger partial charge in [-0.15, -0.1) is 0 Å². The molecule has 0 bridgehead atoms. The first-order valence-electron chi connectivity index (χ1n) is 30.5. The Hall–Kier alpha value is -9.38. The Balaban J connectivity index is 0.000000146. The second kappa shape index (κ2) is 37.5. The van der Waals surface area contributed by atoms with Crippen LogP contribution in [0.4, 0.5) is 8.78 Å². The summed E-state index contributed by atoms with van der Waals surface area (Å²) in [6, 6.07) is 88.2. The quantitative estimate of drug-likeness (QED) is 0.0399.